The summed E-state index contributed by atoms with van der Waals surface area (Å²) in [7, 11) is -3.20. The van der Waals surface area contributed by atoms with E-state index in [1.807, 2.05) is 0 Å². The molecule has 2 aliphatic rings. The predicted molar refractivity (Wildman–Crippen MR) is 73.5 cm³/mol. The van der Waals surface area contributed by atoms with E-state index in [1.54, 1.807) is 22.9 Å². The molecule has 1 aromatic heterocycles. The van der Waals surface area contributed by atoms with Gasteiger partial charge in [-0.15, -0.1) is 0 Å². The molecule has 20 heavy (non-hydrogen) atoms. The maximum Gasteiger partial charge on any atom is 0.217 e. The van der Waals surface area contributed by atoms with Crippen LogP contribution in [0.1, 0.15) is 37.5 Å². The number of ether oxygens (including phenoxy) is 1. The third-order valence-corrected chi connectivity index (χ3v) is 6.39. The fraction of sp³-hybridized carbons (Fsp3) is 0.692. The first-order valence-corrected chi connectivity index (χ1v) is 8.55. The Kier molecular flexibility index (Phi) is 4.00. The molecule has 1 aliphatic carbocycles. The van der Waals surface area contributed by atoms with Crippen molar-refractivity contribution in [1.29, 1.82) is 0 Å². The number of hydrogen-bond acceptors (Lipinski definition) is 5. The molecule has 0 N–H and O–H groups in total. The van der Waals surface area contributed by atoms with Gasteiger partial charge in [0.05, 0.1) is 23.7 Å². The Morgan fingerprint density at radius 1 is 1.25 bits per heavy atom. The van der Waals surface area contributed by atoms with E-state index in [0.29, 0.717) is 25.4 Å². The van der Waals surface area contributed by atoms with Crippen molar-refractivity contribution >= 4 is 10.0 Å². The summed E-state index contributed by atoms with van der Waals surface area (Å²) in [5, 5.41) is -0.205. The van der Waals surface area contributed by atoms with Gasteiger partial charge in [0.2, 0.25) is 10.0 Å². The average molecular weight is 297 g/mol. The molecule has 0 amide bonds. The van der Waals surface area contributed by atoms with Gasteiger partial charge in [0.15, 0.2) is 0 Å². The van der Waals surface area contributed by atoms with Gasteiger partial charge >= 0.3 is 0 Å². The zero-order valence-corrected chi connectivity index (χ0v) is 12.1. The number of morpholine rings is 1. The molecule has 1 aromatic rings. The highest BCUT2D eigenvalue weighted by molar-refractivity contribution is 7.89. The molecule has 2 heterocycles. The van der Waals surface area contributed by atoms with Crippen LogP contribution in [-0.4, -0.2) is 47.6 Å². The first kappa shape index (κ1) is 13.9. The molecule has 0 bridgehead atoms. The zero-order chi connectivity index (χ0) is 14.0. The van der Waals surface area contributed by atoms with Crippen LogP contribution in [0.5, 0.6) is 0 Å². The van der Waals surface area contributed by atoms with Crippen molar-refractivity contribution < 1.29 is 13.2 Å². The molecule has 110 valence electrons. The fourth-order valence-electron chi connectivity index (χ4n) is 2.91. The van der Waals surface area contributed by atoms with Crippen molar-refractivity contribution in [3.05, 3.63) is 24.3 Å². The minimum absolute atomic E-state index is 0.205. The van der Waals surface area contributed by atoms with Crippen LogP contribution in [0.2, 0.25) is 0 Å². The summed E-state index contributed by atoms with van der Waals surface area (Å²) in [6.45, 7) is 1.19. The minimum atomic E-state index is -3.20. The van der Waals surface area contributed by atoms with Crippen molar-refractivity contribution in [3.8, 4) is 0 Å². The second kappa shape index (κ2) is 5.75. The molecule has 0 radical (unpaired) electrons. The third-order valence-electron chi connectivity index (χ3n) is 4.03. The Hall–Kier alpha value is -1.05. The smallest absolute Gasteiger partial charge is 0.217 e. The largest absolute Gasteiger partial charge is 0.369 e. The van der Waals surface area contributed by atoms with Crippen LogP contribution in [0.15, 0.2) is 18.6 Å². The Labute approximate surface area is 119 Å². The number of rotatable bonds is 3. The molecular formula is C13H19N3O3S. The SMILES string of the molecule is O=S(=O)(C1CCCC1)N1CCO[C@H](c2cnccn2)C1. The lowest BCUT2D eigenvalue weighted by atomic mass is 10.2. The highest BCUT2D eigenvalue weighted by atomic mass is 32.2. The number of sulfonamides is 1. The Bertz CT molecular complexity index is 543. The number of nitrogens with zero attached hydrogens (tertiary/aromatic N) is 3. The predicted octanol–water partition coefficient (Wildman–Crippen LogP) is 1.12. The number of aromatic nitrogens is 2. The van der Waals surface area contributed by atoms with Gasteiger partial charge in [-0.2, -0.15) is 4.31 Å². The van der Waals surface area contributed by atoms with Gasteiger partial charge in [0, 0.05) is 25.5 Å². The number of hydrogen-bond donors (Lipinski definition) is 0. The van der Waals surface area contributed by atoms with Crippen LogP contribution in [0.3, 0.4) is 0 Å². The highest BCUT2D eigenvalue weighted by Crippen LogP contribution is 2.30. The molecule has 6 nitrogen and oxygen atoms in total. The van der Waals surface area contributed by atoms with E-state index in [9.17, 15) is 8.42 Å². The summed E-state index contributed by atoms with van der Waals surface area (Å²) >= 11 is 0. The lowest BCUT2D eigenvalue weighted by Gasteiger charge is -2.33. The minimum Gasteiger partial charge on any atom is -0.369 e. The summed E-state index contributed by atoms with van der Waals surface area (Å²) in [5.41, 5.74) is 0.693. The molecule has 1 saturated heterocycles. The summed E-state index contributed by atoms with van der Waals surface area (Å²) in [6, 6.07) is 0. The maximum absolute atomic E-state index is 12.6. The van der Waals surface area contributed by atoms with Crippen molar-refractivity contribution in [2.75, 3.05) is 19.7 Å². The van der Waals surface area contributed by atoms with Crippen molar-refractivity contribution in [1.82, 2.24) is 14.3 Å². The van der Waals surface area contributed by atoms with Crippen LogP contribution in [0, 0.1) is 0 Å². The fourth-order valence-corrected chi connectivity index (χ4v) is 4.93. The summed E-state index contributed by atoms with van der Waals surface area (Å²) in [6.07, 6.45) is 8.13. The van der Waals surface area contributed by atoms with E-state index in [2.05, 4.69) is 9.97 Å². The first-order valence-electron chi connectivity index (χ1n) is 7.04. The highest BCUT2D eigenvalue weighted by Gasteiger charge is 2.37. The Balaban J connectivity index is 1.75. The summed E-state index contributed by atoms with van der Waals surface area (Å²) < 4.78 is 32.4. The van der Waals surface area contributed by atoms with Crippen molar-refractivity contribution in [2.45, 2.75) is 37.0 Å². The Morgan fingerprint density at radius 2 is 2.05 bits per heavy atom. The van der Waals surface area contributed by atoms with Gasteiger partial charge in [-0.3, -0.25) is 9.97 Å². The maximum atomic E-state index is 12.6. The van der Waals surface area contributed by atoms with Crippen LogP contribution in [0.4, 0.5) is 0 Å². The molecule has 1 saturated carbocycles. The topological polar surface area (TPSA) is 72.4 Å². The van der Waals surface area contributed by atoms with Gasteiger partial charge in [-0.1, -0.05) is 12.8 Å². The van der Waals surface area contributed by atoms with Crippen LogP contribution < -0.4 is 0 Å². The summed E-state index contributed by atoms with van der Waals surface area (Å²) in [4.78, 5) is 8.22. The average Bonchev–Trinajstić information content (AvgIpc) is 3.03. The van der Waals surface area contributed by atoms with Crippen molar-refractivity contribution in [3.63, 3.8) is 0 Å². The third kappa shape index (κ3) is 2.70. The van der Waals surface area contributed by atoms with E-state index in [0.717, 1.165) is 25.7 Å². The van der Waals surface area contributed by atoms with Crippen LogP contribution in [-0.2, 0) is 14.8 Å². The second-order valence-electron chi connectivity index (χ2n) is 5.30. The van der Waals surface area contributed by atoms with E-state index < -0.39 is 10.0 Å². The quantitative estimate of drug-likeness (QED) is 0.836. The monoisotopic (exact) mass is 297 g/mol. The normalized spacial score (nSPS) is 25.9. The Morgan fingerprint density at radius 3 is 2.75 bits per heavy atom. The molecule has 0 aromatic carbocycles. The second-order valence-corrected chi connectivity index (χ2v) is 7.51. The van der Waals surface area contributed by atoms with Gasteiger partial charge in [0.25, 0.3) is 0 Å². The van der Waals surface area contributed by atoms with Crippen LogP contribution in [0.25, 0.3) is 0 Å². The van der Waals surface area contributed by atoms with Gasteiger partial charge in [0.1, 0.15) is 6.10 Å². The van der Waals surface area contributed by atoms with E-state index in [1.165, 1.54) is 0 Å². The van der Waals surface area contributed by atoms with E-state index in [-0.39, 0.29) is 11.4 Å². The summed E-state index contributed by atoms with van der Waals surface area (Å²) in [5.74, 6) is 0. The molecule has 0 unspecified atom stereocenters. The lowest BCUT2D eigenvalue weighted by molar-refractivity contribution is -0.00541. The lowest BCUT2D eigenvalue weighted by Crippen LogP contribution is -2.45. The van der Waals surface area contributed by atoms with E-state index >= 15 is 0 Å². The first-order chi connectivity index (χ1) is 9.68. The van der Waals surface area contributed by atoms with E-state index in [4.69, 9.17) is 4.74 Å². The molecule has 1 atom stereocenters. The molecular weight excluding hydrogens is 278 g/mol. The van der Waals surface area contributed by atoms with Crippen LogP contribution >= 0.6 is 0 Å². The van der Waals surface area contributed by atoms with Gasteiger partial charge in [-0.05, 0) is 12.8 Å². The molecule has 3 rings (SSSR count). The zero-order valence-electron chi connectivity index (χ0n) is 11.3. The van der Waals surface area contributed by atoms with Gasteiger partial charge in [-0.25, -0.2) is 8.42 Å². The molecule has 7 heteroatoms. The van der Waals surface area contributed by atoms with Gasteiger partial charge < -0.3 is 4.74 Å². The standard InChI is InChI=1S/C13H19N3O3S/c17-20(18,11-3-1-2-4-11)16-7-8-19-13(10-16)12-9-14-5-6-15-12/h5-6,9,11,13H,1-4,7-8,10H2/t13-/m0/s1. The molecule has 0 spiro atoms. The molecule has 2 fully saturated rings. The van der Waals surface area contributed by atoms with Crippen molar-refractivity contribution in [2.24, 2.45) is 0 Å². The molecule has 1 aliphatic heterocycles.